The van der Waals surface area contributed by atoms with E-state index in [1.165, 1.54) is 6.33 Å². The fraction of sp³-hybridized carbons (Fsp3) is 0.100. The van der Waals surface area contributed by atoms with Gasteiger partial charge in [-0.2, -0.15) is 0 Å². The number of rotatable bonds is 2. The van der Waals surface area contributed by atoms with Crippen LogP contribution in [0, 0.1) is 0 Å². The fourth-order valence-corrected chi connectivity index (χ4v) is 1.45. The Hall–Kier alpha value is -1.49. The molecule has 0 unspecified atom stereocenters. The molecule has 0 fully saturated rings. The van der Waals surface area contributed by atoms with Crippen molar-refractivity contribution < 1.29 is 4.74 Å². The van der Waals surface area contributed by atoms with E-state index in [0.29, 0.717) is 5.88 Å². The molecule has 0 aliphatic heterocycles. The number of halogens is 1. The third-order valence-electron chi connectivity index (χ3n) is 1.87. The van der Waals surface area contributed by atoms with Crippen LogP contribution in [0.4, 0.5) is 0 Å². The lowest BCUT2D eigenvalue weighted by atomic mass is 10.2. The molecule has 0 N–H and O–H groups in total. The normalized spacial score (nSPS) is 10.0. The van der Waals surface area contributed by atoms with E-state index in [1.54, 1.807) is 19.4 Å². The second kappa shape index (κ2) is 4.35. The molecule has 2 aromatic heterocycles. The summed E-state index contributed by atoms with van der Waals surface area (Å²) in [6.07, 6.45) is 3.22. The Morgan fingerprint density at radius 3 is 2.67 bits per heavy atom. The van der Waals surface area contributed by atoms with Crippen molar-refractivity contribution in [2.45, 2.75) is 0 Å². The van der Waals surface area contributed by atoms with E-state index in [2.05, 4.69) is 30.9 Å². The summed E-state index contributed by atoms with van der Waals surface area (Å²) in [6.45, 7) is 0. The van der Waals surface area contributed by atoms with Gasteiger partial charge in [0.05, 0.1) is 12.8 Å². The van der Waals surface area contributed by atoms with Crippen LogP contribution in [0.15, 0.2) is 35.3 Å². The van der Waals surface area contributed by atoms with Crippen molar-refractivity contribution in [3.63, 3.8) is 0 Å². The quantitative estimate of drug-likeness (QED) is 0.782. The van der Waals surface area contributed by atoms with Crippen LogP contribution in [0.25, 0.3) is 11.3 Å². The van der Waals surface area contributed by atoms with Crippen LogP contribution in [0.2, 0.25) is 0 Å². The molecule has 0 radical (unpaired) electrons. The van der Waals surface area contributed by atoms with E-state index in [9.17, 15) is 0 Å². The summed E-state index contributed by atoms with van der Waals surface area (Å²) in [6, 6.07) is 5.54. The number of nitrogens with zero attached hydrogens (tertiary/aromatic N) is 3. The van der Waals surface area contributed by atoms with E-state index in [-0.39, 0.29) is 0 Å². The van der Waals surface area contributed by atoms with Crippen LogP contribution in [-0.2, 0) is 0 Å². The van der Waals surface area contributed by atoms with E-state index in [1.807, 2.05) is 12.1 Å². The lowest BCUT2D eigenvalue weighted by Crippen LogP contribution is -1.89. The standard InChI is InChI=1S/C10H8BrN3O/c1-15-10-3-2-7(5-12-10)8-4-9(11)14-6-13-8/h2-6H,1H3. The van der Waals surface area contributed by atoms with Crippen molar-refractivity contribution >= 4 is 15.9 Å². The van der Waals surface area contributed by atoms with Crippen LogP contribution in [0.1, 0.15) is 0 Å². The number of pyridine rings is 1. The van der Waals surface area contributed by atoms with Gasteiger partial charge in [0.15, 0.2) is 0 Å². The summed E-state index contributed by atoms with van der Waals surface area (Å²) in [5.41, 5.74) is 1.76. The van der Waals surface area contributed by atoms with Crippen LogP contribution in [0.3, 0.4) is 0 Å². The highest BCUT2D eigenvalue weighted by Crippen LogP contribution is 2.19. The second-order valence-electron chi connectivity index (χ2n) is 2.82. The molecule has 0 amide bonds. The molecule has 0 bridgehead atoms. The Morgan fingerprint density at radius 2 is 2.07 bits per heavy atom. The van der Waals surface area contributed by atoms with Crippen molar-refractivity contribution in [3.05, 3.63) is 35.3 Å². The van der Waals surface area contributed by atoms with Gasteiger partial charge in [-0.3, -0.25) is 0 Å². The molecule has 2 aromatic rings. The molecular weight excluding hydrogens is 258 g/mol. The predicted molar refractivity (Wildman–Crippen MR) is 59.5 cm³/mol. The molecule has 0 saturated heterocycles. The van der Waals surface area contributed by atoms with E-state index in [4.69, 9.17) is 4.74 Å². The molecular formula is C10H8BrN3O. The zero-order chi connectivity index (χ0) is 10.7. The van der Waals surface area contributed by atoms with Crippen molar-refractivity contribution in [3.8, 4) is 17.1 Å². The Labute approximate surface area is 95.5 Å². The summed E-state index contributed by atoms with van der Waals surface area (Å²) in [5.74, 6) is 0.590. The minimum Gasteiger partial charge on any atom is -0.481 e. The average Bonchev–Trinajstić information content (AvgIpc) is 2.29. The SMILES string of the molecule is COc1ccc(-c2cc(Br)ncn2)cn1. The zero-order valence-electron chi connectivity index (χ0n) is 8.01. The van der Waals surface area contributed by atoms with Gasteiger partial charge >= 0.3 is 0 Å². The highest BCUT2D eigenvalue weighted by molar-refractivity contribution is 9.10. The van der Waals surface area contributed by atoms with Gasteiger partial charge in [-0.1, -0.05) is 0 Å². The summed E-state index contributed by atoms with van der Waals surface area (Å²) >= 11 is 3.29. The summed E-state index contributed by atoms with van der Waals surface area (Å²) in [5, 5.41) is 0. The smallest absolute Gasteiger partial charge is 0.212 e. The van der Waals surface area contributed by atoms with Crippen LogP contribution < -0.4 is 4.74 Å². The van der Waals surface area contributed by atoms with Gasteiger partial charge in [0.1, 0.15) is 10.9 Å². The minimum absolute atomic E-state index is 0.590. The Morgan fingerprint density at radius 1 is 1.20 bits per heavy atom. The molecule has 0 aliphatic carbocycles. The van der Waals surface area contributed by atoms with Crippen LogP contribution >= 0.6 is 15.9 Å². The summed E-state index contributed by atoms with van der Waals surface area (Å²) in [7, 11) is 1.59. The van der Waals surface area contributed by atoms with Crippen LogP contribution in [0.5, 0.6) is 5.88 Å². The van der Waals surface area contributed by atoms with Gasteiger partial charge < -0.3 is 4.74 Å². The maximum Gasteiger partial charge on any atom is 0.212 e. The van der Waals surface area contributed by atoms with Crippen molar-refractivity contribution in [2.75, 3.05) is 7.11 Å². The lowest BCUT2D eigenvalue weighted by molar-refractivity contribution is 0.398. The first-order chi connectivity index (χ1) is 7.29. The average molecular weight is 266 g/mol. The molecule has 15 heavy (non-hydrogen) atoms. The molecule has 0 atom stereocenters. The Bertz CT molecular complexity index is 458. The first-order valence-corrected chi connectivity index (χ1v) is 5.07. The summed E-state index contributed by atoms with van der Waals surface area (Å²) in [4.78, 5) is 12.2. The topological polar surface area (TPSA) is 47.9 Å². The van der Waals surface area contributed by atoms with E-state index in [0.717, 1.165) is 15.9 Å². The Kier molecular flexibility index (Phi) is 2.91. The number of aromatic nitrogens is 3. The molecule has 0 aliphatic rings. The van der Waals surface area contributed by atoms with E-state index < -0.39 is 0 Å². The number of hydrogen-bond donors (Lipinski definition) is 0. The van der Waals surface area contributed by atoms with Gasteiger partial charge in [0.25, 0.3) is 0 Å². The Balaban J connectivity index is 2.37. The first-order valence-electron chi connectivity index (χ1n) is 4.27. The number of ether oxygens (including phenoxy) is 1. The van der Waals surface area contributed by atoms with E-state index >= 15 is 0 Å². The first kappa shape index (κ1) is 10.0. The summed E-state index contributed by atoms with van der Waals surface area (Å²) < 4.78 is 5.73. The predicted octanol–water partition coefficient (Wildman–Crippen LogP) is 2.31. The second-order valence-corrected chi connectivity index (χ2v) is 3.63. The van der Waals surface area contributed by atoms with Gasteiger partial charge in [-0.15, -0.1) is 0 Å². The molecule has 76 valence electrons. The van der Waals surface area contributed by atoms with Gasteiger partial charge in [-0.05, 0) is 28.1 Å². The number of hydrogen-bond acceptors (Lipinski definition) is 4. The van der Waals surface area contributed by atoms with Crippen LogP contribution in [-0.4, -0.2) is 22.1 Å². The molecule has 2 rings (SSSR count). The maximum atomic E-state index is 4.98. The largest absolute Gasteiger partial charge is 0.481 e. The number of methoxy groups -OCH3 is 1. The van der Waals surface area contributed by atoms with Crippen molar-refractivity contribution in [2.24, 2.45) is 0 Å². The molecule has 5 heteroatoms. The van der Waals surface area contributed by atoms with Gasteiger partial charge in [-0.25, -0.2) is 15.0 Å². The highest BCUT2D eigenvalue weighted by atomic mass is 79.9. The molecule has 2 heterocycles. The molecule has 0 aromatic carbocycles. The fourth-order valence-electron chi connectivity index (χ4n) is 1.14. The maximum absolute atomic E-state index is 4.98. The molecule has 0 saturated carbocycles. The lowest BCUT2D eigenvalue weighted by Gasteiger charge is -2.01. The third kappa shape index (κ3) is 2.30. The molecule has 0 spiro atoms. The third-order valence-corrected chi connectivity index (χ3v) is 2.31. The minimum atomic E-state index is 0.590. The van der Waals surface area contributed by atoms with Gasteiger partial charge in [0.2, 0.25) is 5.88 Å². The van der Waals surface area contributed by atoms with Crippen molar-refractivity contribution in [1.29, 1.82) is 0 Å². The van der Waals surface area contributed by atoms with Crippen molar-refractivity contribution in [1.82, 2.24) is 15.0 Å². The molecule has 4 nitrogen and oxygen atoms in total. The van der Waals surface area contributed by atoms with Gasteiger partial charge in [0, 0.05) is 17.8 Å². The zero-order valence-corrected chi connectivity index (χ0v) is 9.60. The monoisotopic (exact) mass is 265 g/mol. The highest BCUT2D eigenvalue weighted by Gasteiger charge is 2.01.